The SMILES string of the molecule is CCOC(=O)/C=C1/[NH2+]CCc2cc(OC)ccc21.CCOC(=O)/C=C1\NCCc2cccc(OC)c21. The average molecular weight is 496 g/mol. The number of quaternary nitrogens is 1. The second-order valence-corrected chi connectivity index (χ2v) is 8.10. The van der Waals surface area contributed by atoms with Gasteiger partial charge >= 0.3 is 11.9 Å². The van der Waals surface area contributed by atoms with Gasteiger partial charge in [-0.15, -0.1) is 0 Å². The summed E-state index contributed by atoms with van der Waals surface area (Å²) in [4.78, 5) is 23.0. The highest BCUT2D eigenvalue weighted by Crippen LogP contribution is 2.31. The summed E-state index contributed by atoms with van der Waals surface area (Å²) >= 11 is 0. The number of hydrogen-bond donors (Lipinski definition) is 2. The van der Waals surface area contributed by atoms with Crippen LogP contribution in [0.4, 0.5) is 0 Å². The fraction of sp³-hybridized carbons (Fsp3) is 0.357. The molecule has 0 spiro atoms. The van der Waals surface area contributed by atoms with Crippen molar-refractivity contribution in [3.8, 4) is 11.5 Å². The Morgan fingerprint density at radius 2 is 1.69 bits per heavy atom. The largest absolute Gasteiger partial charge is 0.497 e. The lowest BCUT2D eigenvalue weighted by molar-refractivity contribution is -0.564. The van der Waals surface area contributed by atoms with Crippen molar-refractivity contribution in [2.75, 3.05) is 40.5 Å². The van der Waals surface area contributed by atoms with Crippen molar-refractivity contribution in [2.45, 2.75) is 26.7 Å². The maximum atomic E-state index is 11.5. The maximum absolute atomic E-state index is 11.5. The highest BCUT2D eigenvalue weighted by atomic mass is 16.5. The van der Waals surface area contributed by atoms with Crippen LogP contribution in [0.25, 0.3) is 11.4 Å². The zero-order chi connectivity index (χ0) is 25.9. The third-order valence-corrected chi connectivity index (χ3v) is 5.82. The van der Waals surface area contributed by atoms with Crippen molar-refractivity contribution in [1.82, 2.24) is 5.32 Å². The van der Waals surface area contributed by atoms with Crippen LogP contribution in [-0.4, -0.2) is 52.5 Å². The van der Waals surface area contributed by atoms with Crippen LogP contribution in [-0.2, 0) is 31.9 Å². The molecule has 0 amide bonds. The fourth-order valence-electron chi connectivity index (χ4n) is 4.23. The number of fused-ring (bicyclic) bond motifs is 2. The van der Waals surface area contributed by atoms with Crippen LogP contribution < -0.4 is 20.1 Å². The molecule has 0 radical (unpaired) electrons. The molecule has 0 aliphatic carbocycles. The second kappa shape index (κ2) is 13.3. The summed E-state index contributed by atoms with van der Waals surface area (Å²) in [6.07, 6.45) is 4.96. The fourth-order valence-corrected chi connectivity index (χ4v) is 4.23. The van der Waals surface area contributed by atoms with E-state index in [1.54, 1.807) is 34.1 Å². The molecule has 0 saturated heterocycles. The number of carbonyl (C=O) groups is 2. The van der Waals surface area contributed by atoms with Crippen LogP contribution in [0.5, 0.6) is 11.5 Å². The summed E-state index contributed by atoms with van der Waals surface area (Å²) in [5.74, 6) is 1.01. The Hall–Kier alpha value is -3.78. The standard InChI is InChI=1S/2C14H17NO3/c1-3-18-14(16)9-13-12-5-4-11(17-2)8-10(12)6-7-15-13;1-3-18-13(16)9-11-14-10(7-8-15-11)5-4-6-12(14)17-2/h4-5,8-9,15H,3,6-7H2,1-2H3;4-6,9,15H,3,7-8H2,1-2H3/p+1/b13-9+;11-9-. The molecule has 0 unspecified atom stereocenters. The monoisotopic (exact) mass is 495 g/mol. The molecule has 192 valence electrons. The summed E-state index contributed by atoms with van der Waals surface area (Å²) in [6, 6.07) is 11.8. The third kappa shape index (κ3) is 6.88. The predicted molar refractivity (Wildman–Crippen MR) is 137 cm³/mol. The minimum absolute atomic E-state index is 0.285. The van der Waals surface area contributed by atoms with Gasteiger partial charge < -0.3 is 29.6 Å². The molecule has 2 aromatic rings. The molecule has 0 fully saturated rings. The van der Waals surface area contributed by atoms with Crippen molar-refractivity contribution in [1.29, 1.82) is 0 Å². The Morgan fingerprint density at radius 3 is 2.39 bits per heavy atom. The molecule has 36 heavy (non-hydrogen) atoms. The molecule has 8 nitrogen and oxygen atoms in total. The average Bonchev–Trinajstić information content (AvgIpc) is 2.89. The number of esters is 2. The van der Waals surface area contributed by atoms with Crippen LogP contribution in [0, 0.1) is 0 Å². The van der Waals surface area contributed by atoms with Gasteiger partial charge in [0.1, 0.15) is 17.2 Å². The van der Waals surface area contributed by atoms with E-state index >= 15 is 0 Å². The van der Waals surface area contributed by atoms with Crippen molar-refractivity contribution < 1.29 is 33.9 Å². The van der Waals surface area contributed by atoms with Crippen LogP contribution in [0.3, 0.4) is 0 Å². The minimum atomic E-state index is -0.334. The van der Waals surface area contributed by atoms with E-state index in [-0.39, 0.29) is 11.9 Å². The molecule has 8 heteroatoms. The smallest absolute Gasteiger partial charge is 0.336 e. The molecular weight excluding hydrogens is 460 g/mol. The van der Waals surface area contributed by atoms with E-state index in [2.05, 4.69) is 16.7 Å². The van der Waals surface area contributed by atoms with Crippen molar-refractivity contribution >= 4 is 23.3 Å². The van der Waals surface area contributed by atoms with Crippen LogP contribution in [0.1, 0.15) is 36.1 Å². The van der Waals surface area contributed by atoms with Crippen molar-refractivity contribution in [3.05, 3.63) is 70.8 Å². The Kier molecular flexibility index (Phi) is 9.94. The number of nitrogens with two attached hydrogens (primary N) is 1. The summed E-state index contributed by atoms with van der Waals surface area (Å²) in [5.41, 5.74) is 6.16. The first kappa shape index (κ1) is 26.8. The van der Waals surface area contributed by atoms with Gasteiger partial charge in [0.15, 0.2) is 0 Å². The molecule has 3 N–H and O–H groups in total. The lowest BCUT2D eigenvalue weighted by Gasteiger charge is -2.23. The minimum Gasteiger partial charge on any atom is -0.497 e. The number of ether oxygens (including phenoxy) is 4. The maximum Gasteiger partial charge on any atom is 0.336 e. The van der Waals surface area contributed by atoms with Crippen LogP contribution in [0.15, 0.2) is 48.6 Å². The van der Waals surface area contributed by atoms with Gasteiger partial charge in [-0.25, -0.2) is 9.59 Å². The highest BCUT2D eigenvalue weighted by molar-refractivity contribution is 5.92. The highest BCUT2D eigenvalue weighted by Gasteiger charge is 2.20. The van der Waals surface area contributed by atoms with Gasteiger partial charge in [-0.05, 0) is 55.7 Å². The zero-order valence-electron chi connectivity index (χ0n) is 21.4. The van der Waals surface area contributed by atoms with E-state index in [0.717, 1.165) is 60.0 Å². The number of hydrogen-bond acceptors (Lipinski definition) is 7. The summed E-state index contributed by atoms with van der Waals surface area (Å²) < 4.78 is 20.4. The zero-order valence-corrected chi connectivity index (χ0v) is 21.4. The number of methoxy groups -OCH3 is 2. The Bertz CT molecular complexity index is 1120. The molecule has 0 atom stereocenters. The van der Waals surface area contributed by atoms with Gasteiger partial charge in [-0.3, -0.25) is 0 Å². The molecular formula is C28H35N2O6+. The number of rotatable bonds is 6. The first-order valence-electron chi connectivity index (χ1n) is 12.2. The normalized spacial score (nSPS) is 16.0. The van der Waals surface area contributed by atoms with Gasteiger partial charge in [-0.1, -0.05) is 12.1 Å². The number of benzene rings is 2. The van der Waals surface area contributed by atoms with Gasteiger partial charge in [0.25, 0.3) is 0 Å². The van der Waals surface area contributed by atoms with E-state index in [1.807, 2.05) is 30.3 Å². The lowest BCUT2D eigenvalue weighted by atomic mass is 9.97. The molecule has 2 heterocycles. The Morgan fingerprint density at radius 1 is 0.944 bits per heavy atom. The second-order valence-electron chi connectivity index (χ2n) is 8.10. The number of nitrogens with one attached hydrogen (secondary N) is 1. The molecule has 0 aromatic heterocycles. The van der Waals surface area contributed by atoms with Crippen LogP contribution in [0.2, 0.25) is 0 Å². The number of carbonyl (C=O) groups excluding carboxylic acids is 2. The van der Waals surface area contributed by atoms with Gasteiger partial charge in [0, 0.05) is 30.2 Å². The molecule has 2 aromatic carbocycles. The molecule has 0 bridgehead atoms. The molecule has 0 saturated carbocycles. The Labute approximate surface area is 212 Å². The lowest BCUT2D eigenvalue weighted by Crippen LogP contribution is -2.83. The van der Waals surface area contributed by atoms with E-state index in [1.165, 1.54) is 17.2 Å². The summed E-state index contributed by atoms with van der Waals surface area (Å²) in [5, 5.41) is 5.29. The van der Waals surface area contributed by atoms with E-state index in [0.29, 0.717) is 13.2 Å². The van der Waals surface area contributed by atoms with Crippen molar-refractivity contribution in [3.63, 3.8) is 0 Å². The summed E-state index contributed by atoms with van der Waals surface area (Å²) in [7, 11) is 3.29. The van der Waals surface area contributed by atoms with E-state index in [4.69, 9.17) is 18.9 Å². The quantitative estimate of drug-likeness (QED) is 0.469. The van der Waals surface area contributed by atoms with Crippen LogP contribution >= 0.6 is 0 Å². The molecule has 4 rings (SSSR count). The third-order valence-electron chi connectivity index (χ3n) is 5.82. The first-order valence-corrected chi connectivity index (χ1v) is 12.2. The summed E-state index contributed by atoms with van der Waals surface area (Å²) in [6.45, 7) is 6.12. The first-order chi connectivity index (χ1) is 17.5. The van der Waals surface area contributed by atoms with E-state index < -0.39 is 0 Å². The van der Waals surface area contributed by atoms with E-state index in [9.17, 15) is 9.59 Å². The van der Waals surface area contributed by atoms with Gasteiger partial charge in [0.2, 0.25) is 0 Å². The molecule has 2 aliphatic rings. The predicted octanol–water partition coefficient (Wildman–Crippen LogP) is 2.46. The van der Waals surface area contributed by atoms with Gasteiger partial charge in [-0.2, -0.15) is 0 Å². The van der Waals surface area contributed by atoms with Gasteiger partial charge in [0.05, 0.1) is 45.8 Å². The Balaban J connectivity index is 0.000000201. The topological polar surface area (TPSA) is 99.7 Å². The molecule has 2 aliphatic heterocycles. The van der Waals surface area contributed by atoms with Crippen molar-refractivity contribution in [2.24, 2.45) is 0 Å².